The van der Waals surface area contributed by atoms with Crippen molar-refractivity contribution in [1.82, 2.24) is 10.2 Å². The number of amides is 2. The molecule has 1 atom stereocenters. The summed E-state index contributed by atoms with van der Waals surface area (Å²) in [7, 11) is 0. The quantitative estimate of drug-likeness (QED) is 0.701. The highest BCUT2D eigenvalue weighted by molar-refractivity contribution is 6.39. The van der Waals surface area contributed by atoms with E-state index in [1.54, 1.807) is 24.3 Å². The topological polar surface area (TPSA) is 113 Å². The molecule has 2 amide bonds. The smallest absolute Gasteiger partial charge is 0.313 e. The van der Waals surface area contributed by atoms with Crippen LogP contribution in [0.1, 0.15) is 17.2 Å². The molecule has 9 heteroatoms. The SMILES string of the molecule is N#Cc1ccccc1NC(=O)C(=O)NCC(c1ccc2c(c1)OCO2)N1CCOCC1. The number of nitrogens with zero attached hydrogens (tertiary/aromatic N) is 2. The zero-order chi connectivity index (χ0) is 21.6. The Morgan fingerprint density at radius 3 is 2.65 bits per heavy atom. The molecule has 160 valence electrons. The van der Waals surface area contributed by atoms with Crippen LogP contribution >= 0.6 is 0 Å². The van der Waals surface area contributed by atoms with Gasteiger partial charge >= 0.3 is 11.8 Å². The van der Waals surface area contributed by atoms with Crippen molar-refractivity contribution in [2.45, 2.75) is 6.04 Å². The summed E-state index contributed by atoms with van der Waals surface area (Å²) in [4.78, 5) is 27.0. The van der Waals surface area contributed by atoms with Crippen molar-refractivity contribution in [1.29, 1.82) is 5.26 Å². The van der Waals surface area contributed by atoms with E-state index in [4.69, 9.17) is 19.5 Å². The van der Waals surface area contributed by atoms with Crippen molar-refractivity contribution in [2.75, 3.05) is 45.0 Å². The zero-order valence-electron chi connectivity index (χ0n) is 16.8. The van der Waals surface area contributed by atoms with Crippen LogP contribution in [0.15, 0.2) is 42.5 Å². The first kappa shape index (κ1) is 20.7. The van der Waals surface area contributed by atoms with Gasteiger partial charge in [0.15, 0.2) is 11.5 Å². The lowest BCUT2D eigenvalue weighted by molar-refractivity contribution is -0.136. The summed E-state index contributed by atoms with van der Waals surface area (Å²) in [5.41, 5.74) is 1.53. The molecule has 2 aromatic rings. The van der Waals surface area contributed by atoms with Crippen LogP contribution < -0.4 is 20.1 Å². The van der Waals surface area contributed by atoms with Gasteiger partial charge in [-0.25, -0.2) is 0 Å². The molecule has 1 saturated heterocycles. The van der Waals surface area contributed by atoms with E-state index in [0.29, 0.717) is 43.5 Å². The summed E-state index contributed by atoms with van der Waals surface area (Å²) in [5, 5.41) is 14.4. The number of benzene rings is 2. The molecule has 31 heavy (non-hydrogen) atoms. The molecule has 2 aliphatic rings. The van der Waals surface area contributed by atoms with E-state index in [1.807, 2.05) is 24.3 Å². The molecule has 0 spiro atoms. The largest absolute Gasteiger partial charge is 0.454 e. The van der Waals surface area contributed by atoms with Gasteiger partial charge in [-0.05, 0) is 29.8 Å². The normalized spacial score (nSPS) is 16.2. The summed E-state index contributed by atoms with van der Waals surface area (Å²) in [5.74, 6) is -0.252. The van der Waals surface area contributed by atoms with E-state index in [-0.39, 0.29) is 24.9 Å². The Morgan fingerprint density at radius 2 is 1.84 bits per heavy atom. The number of hydrogen-bond donors (Lipinski definition) is 2. The van der Waals surface area contributed by atoms with Crippen LogP contribution in [-0.4, -0.2) is 56.4 Å². The van der Waals surface area contributed by atoms with Gasteiger partial charge in [-0.1, -0.05) is 18.2 Å². The fraction of sp³-hybridized carbons (Fsp3) is 0.318. The highest BCUT2D eigenvalue weighted by Crippen LogP contribution is 2.35. The highest BCUT2D eigenvalue weighted by atomic mass is 16.7. The van der Waals surface area contributed by atoms with Crippen molar-refractivity contribution in [3.05, 3.63) is 53.6 Å². The van der Waals surface area contributed by atoms with E-state index in [2.05, 4.69) is 15.5 Å². The fourth-order valence-electron chi connectivity index (χ4n) is 3.61. The maximum Gasteiger partial charge on any atom is 0.313 e. The number of nitriles is 1. The summed E-state index contributed by atoms with van der Waals surface area (Å²) in [6, 6.07) is 14.0. The molecular weight excluding hydrogens is 400 g/mol. The predicted molar refractivity (Wildman–Crippen MR) is 110 cm³/mol. The van der Waals surface area contributed by atoms with Gasteiger partial charge in [-0.2, -0.15) is 5.26 Å². The average Bonchev–Trinajstić information content (AvgIpc) is 3.28. The number of hydrogen-bond acceptors (Lipinski definition) is 7. The standard InChI is InChI=1S/C22H22N4O5/c23-12-16-3-1-2-4-17(16)25-22(28)21(27)24-13-18(26-7-9-29-10-8-26)15-5-6-19-20(11-15)31-14-30-19/h1-6,11,18H,7-10,13-14H2,(H,24,27)(H,25,28). The zero-order valence-corrected chi connectivity index (χ0v) is 16.8. The van der Waals surface area contributed by atoms with Gasteiger partial charge in [0.1, 0.15) is 6.07 Å². The minimum absolute atomic E-state index is 0.165. The van der Waals surface area contributed by atoms with Gasteiger partial charge in [-0.3, -0.25) is 14.5 Å². The van der Waals surface area contributed by atoms with Crippen LogP contribution in [0.4, 0.5) is 5.69 Å². The van der Waals surface area contributed by atoms with E-state index in [1.165, 1.54) is 0 Å². The van der Waals surface area contributed by atoms with Gasteiger partial charge in [0, 0.05) is 19.6 Å². The molecule has 0 radical (unpaired) electrons. The average molecular weight is 422 g/mol. The Balaban J connectivity index is 1.45. The number of anilines is 1. The molecule has 4 rings (SSSR count). The van der Waals surface area contributed by atoms with Crippen molar-refractivity contribution in [2.24, 2.45) is 0 Å². The van der Waals surface area contributed by atoms with Gasteiger partial charge in [0.05, 0.1) is 30.5 Å². The number of morpholine rings is 1. The van der Waals surface area contributed by atoms with Gasteiger partial charge < -0.3 is 24.8 Å². The van der Waals surface area contributed by atoms with E-state index >= 15 is 0 Å². The molecule has 0 bridgehead atoms. The summed E-state index contributed by atoms with van der Waals surface area (Å²) >= 11 is 0. The minimum Gasteiger partial charge on any atom is -0.454 e. The minimum atomic E-state index is -0.825. The van der Waals surface area contributed by atoms with Crippen LogP contribution in [0, 0.1) is 11.3 Å². The first-order valence-corrected chi connectivity index (χ1v) is 9.95. The second-order valence-corrected chi connectivity index (χ2v) is 7.10. The van der Waals surface area contributed by atoms with Crippen molar-refractivity contribution >= 4 is 17.5 Å². The third-order valence-corrected chi connectivity index (χ3v) is 5.23. The molecule has 1 unspecified atom stereocenters. The monoisotopic (exact) mass is 422 g/mol. The van der Waals surface area contributed by atoms with Crippen LogP contribution in [0.25, 0.3) is 0 Å². The molecule has 0 aliphatic carbocycles. The maximum absolute atomic E-state index is 12.5. The summed E-state index contributed by atoms with van der Waals surface area (Å²) in [6.07, 6.45) is 0. The lowest BCUT2D eigenvalue weighted by Gasteiger charge is -2.34. The van der Waals surface area contributed by atoms with Gasteiger partial charge in [-0.15, -0.1) is 0 Å². The van der Waals surface area contributed by atoms with Gasteiger partial charge in [0.25, 0.3) is 0 Å². The Morgan fingerprint density at radius 1 is 1.06 bits per heavy atom. The van der Waals surface area contributed by atoms with Crippen LogP contribution in [0.2, 0.25) is 0 Å². The number of nitrogens with one attached hydrogen (secondary N) is 2. The Bertz CT molecular complexity index is 1010. The number of rotatable bonds is 5. The van der Waals surface area contributed by atoms with Crippen LogP contribution in [0.3, 0.4) is 0 Å². The lowest BCUT2D eigenvalue weighted by atomic mass is 10.0. The number of ether oxygens (including phenoxy) is 3. The number of fused-ring (bicyclic) bond motifs is 1. The molecule has 9 nitrogen and oxygen atoms in total. The fourth-order valence-corrected chi connectivity index (χ4v) is 3.61. The van der Waals surface area contributed by atoms with Gasteiger partial charge in [0.2, 0.25) is 6.79 Å². The third kappa shape index (κ3) is 4.77. The van der Waals surface area contributed by atoms with E-state index < -0.39 is 11.8 Å². The first-order chi connectivity index (χ1) is 15.2. The van der Waals surface area contributed by atoms with Crippen molar-refractivity contribution < 1.29 is 23.8 Å². The Labute approximate surface area is 179 Å². The van der Waals surface area contributed by atoms with Crippen LogP contribution in [-0.2, 0) is 14.3 Å². The second kappa shape index (κ2) is 9.47. The van der Waals surface area contributed by atoms with Crippen molar-refractivity contribution in [3.63, 3.8) is 0 Å². The summed E-state index contributed by atoms with van der Waals surface area (Å²) in [6.45, 7) is 3.02. The maximum atomic E-state index is 12.5. The number of para-hydroxylation sites is 1. The van der Waals surface area contributed by atoms with E-state index in [0.717, 1.165) is 5.56 Å². The number of carbonyl (C=O) groups is 2. The molecular formula is C22H22N4O5. The Hall–Kier alpha value is -3.61. The summed E-state index contributed by atoms with van der Waals surface area (Å²) < 4.78 is 16.3. The van der Waals surface area contributed by atoms with Crippen LogP contribution in [0.5, 0.6) is 11.5 Å². The molecule has 0 aromatic heterocycles. The second-order valence-electron chi connectivity index (χ2n) is 7.10. The predicted octanol–water partition coefficient (Wildman–Crippen LogP) is 1.42. The third-order valence-electron chi connectivity index (χ3n) is 5.23. The highest BCUT2D eigenvalue weighted by Gasteiger charge is 2.26. The molecule has 2 aliphatic heterocycles. The molecule has 0 saturated carbocycles. The number of carbonyl (C=O) groups excluding carboxylic acids is 2. The molecule has 1 fully saturated rings. The van der Waals surface area contributed by atoms with E-state index in [9.17, 15) is 9.59 Å². The van der Waals surface area contributed by atoms with Crippen molar-refractivity contribution in [3.8, 4) is 17.6 Å². The molecule has 2 heterocycles. The first-order valence-electron chi connectivity index (χ1n) is 9.95. The molecule has 2 N–H and O–H groups in total. The Kier molecular flexibility index (Phi) is 6.31. The molecule has 2 aromatic carbocycles. The lowest BCUT2D eigenvalue weighted by Crippen LogP contribution is -2.45.